The number of anilines is 2. The van der Waals surface area contributed by atoms with Gasteiger partial charge in [0, 0.05) is 10.6 Å². The maximum Gasteiger partial charge on any atom is 0.416 e. The van der Waals surface area contributed by atoms with Gasteiger partial charge in [-0.1, -0.05) is 12.1 Å². The number of fused-ring (bicyclic) bond motifs is 1. The topological polar surface area (TPSA) is 67.2 Å². The second-order valence-electron chi connectivity index (χ2n) is 7.35. The molecule has 3 aromatic rings. The second kappa shape index (κ2) is 8.34. The highest BCUT2D eigenvalue weighted by Gasteiger charge is 2.32. The Balaban J connectivity index is 1.66. The van der Waals surface area contributed by atoms with Crippen molar-refractivity contribution in [2.24, 2.45) is 0 Å². The first-order valence-corrected chi connectivity index (χ1v) is 10.7. The van der Waals surface area contributed by atoms with Crippen molar-refractivity contribution < 1.29 is 22.8 Å². The number of hydrogen-bond acceptors (Lipinski definition) is 4. The van der Waals surface area contributed by atoms with Gasteiger partial charge in [0.25, 0.3) is 0 Å². The predicted octanol–water partition coefficient (Wildman–Crippen LogP) is 4.59. The fraction of sp³-hybridized carbons (Fsp3) is 0.227. The summed E-state index contributed by atoms with van der Waals surface area (Å²) in [6.45, 7) is 3.22. The number of hydrogen-bond donors (Lipinski definition) is 1. The van der Waals surface area contributed by atoms with Gasteiger partial charge in [-0.2, -0.15) is 18.3 Å². The van der Waals surface area contributed by atoms with Crippen LogP contribution < -0.4 is 10.2 Å². The van der Waals surface area contributed by atoms with E-state index in [1.54, 1.807) is 32.0 Å². The fourth-order valence-corrected chi connectivity index (χ4v) is 4.47. The minimum absolute atomic E-state index is 0.0388. The number of halogens is 3. The molecule has 166 valence electrons. The first kappa shape index (κ1) is 21.9. The van der Waals surface area contributed by atoms with E-state index >= 15 is 0 Å². The summed E-state index contributed by atoms with van der Waals surface area (Å²) in [7, 11) is 0. The molecule has 0 saturated carbocycles. The van der Waals surface area contributed by atoms with E-state index in [2.05, 4.69) is 10.4 Å². The molecule has 4 rings (SSSR count). The van der Waals surface area contributed by atoms with Crippen LogP contribution >= 0.6 is 11.8 Å². The van der Waals surface area contributed by atoms with Crippen molar-refractivity contribution in [3.05, 3.63) is 65.5 Å². The molecule has 0 unspecified atom stereocenters. The summed E-state index contributed by atoms with van der Waals surface area (Å²) in [5.74, 6) is -0.668. The molecule has 0 bridgehead atoms. The highest BCUT2D eigenvalue weighted by molar-refractivity contribution is 8.00. The third-order valence-electron chi connectivity index (χ3n) is 4.95. The van der Waals surface area contributed by atoms with E-state index in [4.69, 9.17) is 0 Å². The maximum absolute atomic E-state index is 13.3. The van der Waals surface area contributed by atoms with Crippen LogP contribution in [0.15, 0.2) is 53.4 Å². The van der Waals surface area contributed by atoms with Crippen LogP contribution in [0.5, 0.6) is 0 Å². The summed E-state index contributed by atoms with van der Waals surface area (Å²) in [5, 5.41) is 6.87. The molecule has 0 radical (unpaired) electrons. The Bertz CT molecular complexity index is 1210. The maximum atomic E-state index is 13.3. The summed E-state index contributed by atoms with van der Waals surface area (Å²) >= 11 is 1.38. The number of alkyl halides is 3. The molecule has 10 heteroatoms. The lowest BCUT2D eigenvalue weighted by Gasteiger charge is -2.28. The van der Waals surface area contributed by atoms with Crippen molar-refractivity contribution >= 4 is 35.0 Å². The number of nitrogens with zero attached hydrogens (tertiary/aromatic N) is 3. The molecule has 2 heterocycles. The smallest absolute Gasteiger partial charge is 0.323 e. The fourth-order valence-electron chi connectivity index (χ4n) is 3.53. The van der Waals surface area contributed by atoms with Gasteiger partial charge in [-0.25, -0.2) is 4.68 Å². The zero-order valence-electron chi connectivity index (χ0n) is 17.2. The van der Waals surface area contributed by atoms with Gasteiger partial charge in [0.05, 0.1) is 34.1 Å². The number of thioether (sulfide) groups is 1. The lowest BCUT2D eigenvalue weighted by Crippen LogP contribution is -2.41. The van der Waals surface area contributed by atoms with Crippen molar-refractivity contribution in [2.75, 3.05) is 22.5 Å². The third-order valence-corrected chi connectivity index (χ3v) is 5.99. The number of rotatable bonds is 4. The van der Waals surface area contributed by atoms with Gasteiger partial charge in [0.15, 0.2) is 0 Å². The number of aryl methyl sites for hydroxylation is 2. The molecule has 1 aromatic heterocycles. The van der Waals surface area contributed by atoms with Crippen molar-refractivity contribution in [1.29, 1.82) is 0 Å². The molecule has 1 N–H and O–H groups in total. The van der Waals surface area contributed by atoms with Gasteiger partial charge in [0.1, 0.15) is 6.54 Å². The standard InChI is InChI=1S/C22H19F3N4O2S/c1-13-9-14(2)29(27-13)17-8-7-15(22(23,24)25)10-16(17)26-20(30)11-28-18-5-3-4-6-19(18)32-12-21(28)31/h3-10H,11-12H2,1-2H3,(H,26,30). The van der Waals surface area contributed by atoms with Crippen LogP contribution in [-0.4, -0.2) is 33.9 Å². The Morgan fingerprint density at radius 2 is 1.88 bits per heavy atom. The molecule has 0 fully saturated rings. The van der Waals surface area contributed by atoms with Crippen molar-refractivity contribution in [2.45, 2.75) is 24.9 Å². The summed E-state index contributed by atoms with van der Waals surface area (Å²) in [4.78, 5) is 27.5. The van der Waals surface area contributed by atoms with Crippen molar-refractivity contribution in [3.8, 4) is 5.69 Å². The summed E-state index contributed by atoms with van der Waals surface area (Å²) in [5.41, 5.74) is 1.37. The predicted molar refractivity (Wildman–Crippen MR) is 116 cm³/mol. The van der Waals surface area contributed by atoms with Gasteiger partial charge >= 0.3 is 6.18 Å². The van der Waals surface area contributed by atoms with Crippen molar-refractivity contribution in [1.82, 2.24) is 9.78 Å². The molecule has 2 aromatic carbocycles. The van der Waals surface area contributed by atoms with E-state index in [1.807, 2.05) is 12.1 Å². The van der Waals surface area contributed by atoms with Gasteiger partial charge in [-0.3, -0.25) is 9.59 Å². The molecule has 0 aliphatic carbocycles. The number of carbonyl (C=O) groups is 2. The van der Waals surface area contributed by atoms with E-state index in [9.17, 15) is 22.8 Å². The van der Waals surface area contributed by atoms with Gasteiger partial charge in [0.2, 0.25) is 11.8 Å². The van der Waals surface area contributed by atoms with Crippen LogP contribution in [0.2, 0.25) is 0 Å². The summed E-state index contributed by atoms with van der Waals surface area (Å²) in [6.07, 6.45) is -4.58. The average Bonchev–Trinajstić information content (AvgIpc) is 3.07. The molecule has 0 saturated heterocycles. The lowest BCUT2D eigenvalue weighted by atomic mass is 10.1. The highest BCUT2D eigenvalue weighted by Crippen LogP contribution is 2.36. The first-order valence-electron chi connectivity index (χ1n) is 9.70. The SMILES string of the molecule is Cc1cc(C)n(-c2ccc(C(F)(F)F)cc2NC(=O)CN2C(=O)CSc3ccccc32)n1. The Labute approximate surface area is 186 Å². The Kier molecular flexibility index (Phi) is 5.72. The largest absolute Gasteiger partial charge is 0.416 e. The third kappa shape index (κ3) is 4.36. The molecule has 0 spiro atoms. The van der Waals surface area contributed by atoms with E-state index in [-0.39, 0.29) is 23.9 Å². The zero-order chi connectivity index (χ0) is 23.0. The zero-order valence-corrected chi connectivity index (χ0v) is 18.0. The highest BCUT2D eigenvalue weighted by atomic mass is 32.2. The van der Waals surface area contributed by atoms with Gasteiger partial charge in [-0.15, -0.1) is 11.8 Å². The Morgan fingerprint density at radius 3 is 2.56 bits per heavy atom. The monoisotopic (exact) mass is 460 g/mol. The summed E-state index contributed by atoms with van der Waals surface area (Å²) < 4.78 is 41.4. The van der Waals surface area contributed by atoms with Crippen LogP contribution in [0.25, 0.3) is 5.69 Å². The first-order chi connectivity index (χ1) is 15.1. The van der Waals surface area contributed by atoms with Crippen LogP contribution in [0.3, 0.4) is 0 Å². The van der Waals surface area contributed by atoms with Crippen LogP contribution in [0.1, 0.15) is 17.0 Å². The second-order valence-corrected chi connectivity index (χ2v) is 8.37. The molecule has 6 nitrogen and oxygen atoms in total. The molecule has 32 heavy (non-hydrogen) atoms. The molecular weight excluding hydrogens is 441 g/mol. The Hall–Kier alpha value is -3.27. The van der Waals surface area contributed by atoms with E-state index in [0.29, 0.717) is 22.8 Å². The van der Waals surface area contributed by atoms with Crippen LogP contribution in [0, 0.1) is 13.8 Å². The van der Waals surface area contributed by atoms with E-state index < -0.39 is 17.6 Å². The number of benzene rings is 2. The van der Waals surface area contributed by atoms with Gasteiger partial charge < -0.3 is 10.2 Å². The molecular formula is C22H19F3N4O2S. The minimum atomic E-state index is -4.58. The van der Waals surface area contributed by atoms with Crippen LogP contribution in [0.4, 0.5) is 24.5 Å². The number of amides is 2. The number of nitrogens with one attached hydrogen (secondary N) is 1. The summed E-state index contributed by atoms with van der Waals surface area (Å²) in [6, 6.07) is 12.1. The molecule has 2 amide bonds. The molecule has 0 atom stereocenters. The van der Waals surface area contributed by atoms with Crippen molar-refractivity contribution in [3.63, 3.8) is 0 Å². The van der Waals surface area contributed by atoms with Crippen LogP contribution in [-0.2, 0) is 15.8 Å². The van der Waals surface area contributed by atoms with Gasteiger partial charge in [-0.05, 0) is 50.2 Å². The molecule has 1 aliphatic rings. The quantitative estimate of drug-likeness (QED) is 0.619. The van der Waals surface area contributed by atoms with E-state index in [0.717, 1.165) is 17.0 Å². The number of para-hydroxylation sites is 1. The average molecular weight is 460 g/mol. The Morgan fingerprint density at radius 1 is 1.12 bits per heavy atom. The normalized spacial score (nSPS) is 13.8. The van der Waals surface area contributed by atoms with E-state index in [1.165, 1.54) is 27.4 Å². The minimum Gasteiger partial charge on any atom is -0.323 e. The molecule has 1 aliphatic heterocycles. The number of carbonyl (C=O) groups excluding carboxylic acids is 2. The lowest BCUT2D eigenvalue weighted by molar-refractivity contribution is -0.137. The number of aromatic nitrogens is 2.